The Morgan fingerprint density at radius 3 is 2.83 bits per heavy atom. The average Bonchev–Trinajstić information content (AvgIpc) is 2.95. The van der Waals surface area contributed by atoms with Crippen molar-refractivity contribution < 1.29 is 4.79 Å². The fraction of sp³-hybridized carbons (Fsp3) is 0.438. The molecule has 0 spiro atoms. The Bertz CT molecular complexity index is 633. The summed E-state index contributed by atoms with van der Waals surface area (Å²) in [6.07, 6.45) is 7.14. The normalized spacial score (nSPS) is 16.2. The van der Waals surface area contributed by atoms with Crippen LogP contribution in [0.3, 0.4) is 0 Å². The van der Waals surface area contributed by atoms with Gasteiger partial charge < -0.3 is 10.6 Å². The summed E-state index contributed by atoms with van der Waals surface area (Å²) in [5.74, 6) is 0. The number of hydrogen-bond donors (Lipinski definition) is 2. The van der Waals surface area contributed by atoms with Crippen molar-refractivity contribution >= 4 is 11.7 Å². The van der Waals surface area contributed by atoms with Crippen LogP contribution in [-0.4, -0.2) is 44.8 Å². The van der Waals surface area contributed by atoms with Gasteiger partial charge in [-0.1, -0.05) is 6.07 Å². The van der Waals surface area contributed by atoms with Crippen molar-refractivity contribution in [2.24, 2.45) is 7.05 Å². The van der Waals surface area contributed by atoms with Gasteiger partial charge in [0.1, 0.15) is 0 Å². The molecule has 3 rings (SSSR count). The number of pyridine rings is 1. The highest BCUT2D eigenvalue weighted by Gasteiger charge is 2.21. The van der Waals surface area contributed by atoms with Gasteiger partial charge in [-0.25, -0.2) is 4.79 Å². The van der Waals surface area contributed by atoms with Crippen molar-refractivity contribution in [3.63, 3.8) is 0 Å². The molecule has 7 heteroatoms. The third-order valence-electron chi connectivity index (χ3n) is 4.00. The third-order valence-corrected chi connectivity index (χ3v) is 4.00. The smallest absolute Gasteiger partial charge is 0.319 e. The number of piperidine rings is 1. The van der Waals surface area contributed by atoms with Crippen LogP contribution in [0, 0.1) is 0 Å². The average molecular weight is 314 g/mol. The molecule has 2 N–H and O–H groups in total. The minimum atomic E-state index is -0.166. The van der Waals surface area contributed by atoms with Gasteiger partial charge in [-0.15, -0.1) is 0 Å². The Hall–Kier alpha value is -2.41. The summed E-state index contributed by atoms with van der Waals surface area (Å²) in [5.41, 5.74) is 1.80. The van der Waals surface area contributed by atoms with E-state index in [9.17, 15) is 4.79 Å². The van der Waals surface area contributed by atoms with E-state index in [1.165, 1.54) is 0 Å². The first-order valence-corrected chi connectivity index (χ1v) is 7.87. The Balaban J connectivity index is 1.41. The van der Waals surface area contributed by atoms with Crippen LogP contribution in [0.25, 0.3) is 0 Å². The highest BCUT2D eigenvalue weighted by Crippen LogP contribution is 2.13. The van der Waals surface area contributed by atoms with Crippen LogP contribution in [0.2, 0.25) is 0 Å². The predicted molar refractivity (Wildman–Crippen MR) is 87.9 cm³/mol. The molecule has 1 aliphatic heterocycles. The van der Waals surface area contributed by atoms with Crippen LogP contribution in [0.15, 0.2) is 36.8 Å². The minimum Gasteiger partial charge on any atom is -0.335 e. The van der Waals surface area contributed by atoms with E-state index in [2.05, 4.69) is 25.6 Å². The van der Waals surface area contributed by atoms with Gasteiger partial charge in [0.2, 0.25) is 0 Å². The lowest BCUT2D eigenvalue weighted by Gasteiger charge is -2.32. The molecule has 23 heavy (non-hydrogen) atoms. The van der Waals surface area contributed by atoms with Gasteiger partial charge in [-0.3, -0.25) is 14.6 Å². The number of hydrogen-bond acceptors (Lipinski definition) is 4. The quantitative estimate of drug-likeness (QED) is 0.899. The molecule has 0 bridgehead atoms. The standard InChI is InChI=1S/C16H22N6O/c1-21-11-15(10-18-21)20-16(23)19-13-5-8-22(9-6-13)12-14-4-2-3-7-17-14/h2-4,7,10-11,13H,5-6,8-9,12H2,1H3,(H2,19,20,23). The van der Waals surface area contributed by atoms with Gasteiger partial charge in [0.05, 0.1) is 17.6 Å². The van der Waals surface area contributed by atoms with E-state index in [1.54, 1.807) is 17.1 Å². The summed E-state index contributed by atoms with van der Waals surface area (Å²) in [6, 6.07) is 6.04. The first kappa shape index (κ1) is 15.5. The van der Waals surface area contributed by atoms with E-state index in [1.807, 2.05) is 31.4 Å². The number of rotatable bonds is 4. The Morgan fingerprint density at radius 2 is 2.17 bits per heavy atom. The molecule has 0 aliphatic carbocycles. The fourth-order valence-electron chi connectivity index (χ4n) is 2.79. The summed E-state index contributed by atoms with van der Waals surface area (Å²) < 4.78 is 1.66. The number of likely N-dealkylation sites (tertiary alicyclic amines) is 1. The molecule has 122 valence electrons. The van der Waals surface area contributed by atoms with Crippen molar-refractivity contribution in [3.8, 4) is 0 Å². The fourth-order valence-corrected chi connectivity index (χ4v) is 2.79. The number of aryl methyl sites for hydroxylation is 1. The molecule has 0 unspecified atom stereocenters. The molecule has 0 atom stereocenters. The van der Waals surface area contributed by atoms with Crippen LogP contribution in [0.4, 0.5) is 10.5 Å². The van der Waals surface area contributed by atoms with Gasteiger partial charge >= 0.3 is 6.03 Å². The molecule has 1 fully saturated rings. The number of carbonyl (C=O) groups excluding carboxylic acids is 1. The van der Waals surface area contributed by atoms with Crippen LogP contribution < -0.4 is 10.6 Å². The second-order valence-electron chi connectivity index (χ2n) is 5.87. The monoisotopic (exact) mass is 314 g/mol. The molecule has 7 nitrogen and oxygen atoms in total. The number of anilines is 1. The zero-order valence-corrected chi connectivity index (χ0v) is 13.3. The Kier molecular flexibility index (Phi) is 4.87. The molecular weight excluding hydrogens is 292 g/mol. The summed E-state index contributed by atoms with van der Waals surface area (Å²) in [7, 11) is 1.82. The van der Waals surface area contributed by atoms with Crippen molar-refractivity contribution in [3.05, 3.63) is 42.5 Å². The predicted octanol–water partition coefficient (Wildman–Crippen LogP) is 1.60. The van der Waals surface area contributed by atoms with E-state index in [4.69, 9.17) is 0 Å². The maximum atomic E-state index is 12.0. The topological polar surface area (TPSA) is 75.1 Å². The molecule has 2 aromatic heterocycles. The van der Waals surface area contributed by atoms with Crippen LogP contribution >= 0.6 is 0 Å². The summed E-state index contributed by atoms with van der Waals surface area (Å²) in [5, 5.41) is 9.86. The summed E-state index contributed by atoms with van der Waals surface area (Å²) in [4.78, 5) is 18.7. The number of nitrogens with one attached hydrogen (secondary N) is 2. The molecular formula is C16H22N6O. The van der Waals surface area contributed by atoms with Crippen LogP contribution in [0.5, 0.6) is 0 Å². The van der Waals surface area contributed by atoms with Crippen molar-refractivity contribution in [1.82, 2.24) is 25.0 Å². The Labute approximate surface area is 135 Å². The third kappa shape index (κ3) is 4.53. The van der Waals surface area contributed by atoms with Crippen LogP contribution in [0.1, 0.15) is 18.5 Å². The first-order valence-electron chi connectivity index (χ1n) is 7.87. The lowest BCUT2D eigenvalue weighted by Crippen LogP contribution is -2.45. The van der Waals surface area contributed by atoms with E-state index in [0.717, 1.165) is 38.2 Å². The zero-order valence-electron chi connectivity index (χ0n) is 13.3. The van der Waals surface area contributed by atoms with E-state index in [-0.39, 0.29) is 12.1 Å². The van der Waals surface area contributed by atoms with Gasteiger partial charge in [0.15, 0.2) is 0 Å². The molecule has 0 aromatic carbocycles. The number of aromatic nitrogens is 3. The number of carbonyl (C=O) groups is 1. The lowest BCUT2D eigenvalue weighted by atomic mass is 10.1. The molecule has 2 aromatic rings. The minimum absolute atomic E-state index is 0.166. The lowest BCUT2D eigenvalue weighted by molar-refractivity contribution is 0.188. The van der Waals surface area contributed by atoms with Crippen molar-refractivity contribution in [2.75, 3.05) is 18.4 Å². The molecule has 1 saturated heterocycles. The number of nitrogens with zero attached hydrogens (tertiary/aromatic N) is 4. The molecule has 2 amide bonds. The van der Waals surface area contributed by atoms with Gasteiger partial charge in [0, 0.05) is 45.1 Å². The molecule has 3 heterocycles. The number of amides is 2. The van der Waals surface area contributed by atoms with E-state index >= 15 is 0 Å². The van der Waals surface area contributed by atoms with Crippen LogP contribution in [-0.2, 0) is 13.6 Å². The highest BCUT2D eigenvalue weighted by atomic mass is 16.2. The number of urea groups is 1. The van der Waals surface area contributed by atoms with E-state index < -0.39 is 0 Å². The highest BCUT2D eigenvalue weighted by molar-refractivity contribution is 5.89. The summed E-state index contributed by atoms with van der Waals surface area (Å²) >= 11 is 0. The maximum absolute atomic E-state index is 12.0. The summed E-state index contributed by atoms with van der Waals surface area (Å²) in [6.45, 7) is 2.80. The largest absolute Gasteiger partial charge is 0.335 e. The maximum Gasteiger partial charge on any atom is 0.319 e. The van der Waals surface area contributed by atoms with E-state index in [0.29, 0.717) is 5.69 Å². The second-order valence-corrected chi connectivity index (χ2v) is 5.87. The SMILES string of the molecule is Cn1cc(NC(=O)NC2CCN(Cc3ccccn3)CC2)cn1. The molecule has 0 saturated carbocycles. The van der Waals surface area contributed by atoms with Gasteiger partial charge in [-0.05, 0) is 25.0 Å². The van der Waals surface area contributed by atoms with Crippen molar-refractivity contribution in [2.45, 2.75) is 25.4 Å². The zero-order chi connectivity index (χ0) is 16.1. The Morgan fingerprint density at radius 1 is 1.35 bits per heavy atom. The molecule has 0 radical (unpaired) electrons. The molecule has 1 aliphatic rings. The second kappa shape index (κ2) is 7.23. The van der Waals surface area contributed by atoms with Gasteiger partial charge in [0.25, 0.3) is 0 Å². The van der Waals surface area contributed by atoms with Gasteiger partial charge in [-0.2, -0.15) is 5.10 Å². The van der Waals surface area contributed by atoms with Crippen molar-refractivity contribution in [1.29, 1.82) is 0 Å². The first-order chi connectivity index (χ1) is 11.2.